The van der Waals surface area contributed by atoms with Crippen LogP contribution in [0.2, 0.25) is 0 Å². The van der Waals surface area contributed by atoms with Gasteiger partial charge in [0, 0.05) is 34.8 Å². The Morgan fingerprint density at radius 3 is 1.15 bits per heavy atom. The van der Waals surface area contributed by atoms with E-state index in [-0.39, 0.29) is 0 Å². The van der Waals surface area contributed by atoms with Crippen LogP contribution in [-0.2, 0) is 76.0 Å². The number of aliphatic hydroxyl groups excluding tert-OH is 13. The summed E-state index contributed by atoms with van der Waals surface area (Å²) in [5, 5.41) is 152. The molecule has 6 saturated heterocycles. The molecule has 34 nitrogen and oxygen atoms in total. The Kier molecular flexibility index (Phi) is 23.4. The molecule has 456 valence electrons. The zero-order chi connectivity index (χ0) is 58.5. The molecule has 0 aromatic heterocycles. The highest BCUT2D eigenvalue weighted by atomic mass is 16.8. The van der Waals surface area contributed by atoms with Crippen molar-refractivity contribution in [3.8, 4) is 0 Å². The van der Waals surface area contributed by atoms with Gasteiger partial charge in [-0.25, -0.2) is 0 Å². The van der Waals surface area contributed by atoms with E-state index in [4.69, 9.17) is 62.6 Å². The molecule has 0 saturated carbocycles. The molecule has 30 atom stereocenters. The minimum Gasteiger partial charge on any atom is -0.394 e. The molecule has 18 unspecified atom stereocenters. The van der Waals surface area contributed by atoms with E-state index in [1.54, 1.807) is 0 Å². The summed E-state index contributed by atoms with van der Waals surface area (Å²) in [7, 11) is 1.21. The van der Waals surface area contributed by atoms with Gasteiger partial charge in [0.2, 0.25) is 23.6 Å². The van der Waals surface area contributed by atoms with Crippen LogP contribution in [-0.4, -0.2) is 314 Å². The van der Waals surface area contributed by atoms with Crippen molar-refractivity contribution in [2.24, 2.45) is 5.73 Å². The minimum atomic E-state index is -2.02. The molecule has 34 heteroatoms. The van der Waals surface area contributed by atoms with Gasteiger partial charge in [-0.3, -0.25) is 19.2 Å². The second kappa shape index (κ2) is 28.4. The van der Waals surface area contributed by atoms with Crippen LogP contribution in [0.25, 0.3) is 0 Å². The molecule has 0 aromatic rings. The lowest BCUT2D eigenvalue weighted by Crippen LogP contribution is -2.72. The van der Waals surface area contributed by atoms with Crippen molar-refractivity contribution in [2.75, 3.05) is 40.1 Å². The second-order valence-corrected chi connectivity index (χ2v) is 20.0. The van der Waals surface area contributed by atoms with Crippen LogP contribution in [0.5, 0.6) is 0 Å². The summed E-state index contributed by atoms with van der Waals surface area (Å²) in [5.74, 6) is -3.12. The average Bonchev–Trinajstić information content (AvgIpc) is 3.53. The lowest BCUT2D eigenvalue weighted by Gasteiger charge is -2.51. The zero-order valence-electron chi connectivity index (χ0n) is 43.8. The number of carbonyl (C=O) groups is 4. The van der Waals surface area contributed by atoms with Crippen LogP contribution in [0, 0.1) is 0 Å². The Morgan fingerprint density at radius 1 is 0.418 bits per heavy atom. The molecule has 0 aliphatic carbocycles. The number of hydrogen-bond donors (Lipinski definition) is 18. The maximum absolute atomic E-state index is 12.8. The summed E-state index contributed by atoms with van der Waals surface area (Å²) in [6.45, 7) is 1.30. The van der Waals surface area contributed by atoms with Gasteiger partial charge < -0.3 is 150 Å². The summed E-state index contributed by atoms with van der Waals surface area (Å²) < 4.78 is 70.6. The minimum absolute atomic E-state index is 0.627. The molecule has 6 aliphatic rings. The first kappa shape index (κ1) is 65.0. The van der Waals surface area contributed by atoms with Crippen LogP contribution in [0.15, 0.2) is 0 Å². The van der Waals surface area contributed by atoms with E-state index in [1.165, 1.54) is 14.0 Å². The largest absolute Gasteiger partial charge is 0.394 e. The first-order valence-corrected chi connectivity index (χ1v) is 25.4. The molecule has 0 radical (unpaired) electrons. The first-order chi connectivity index (χ1) is 37.3. The average molecular weight is 1150 g/mol. The van der Waals surface area contributed by atoms with Crippen molar-refractivity contribution >= 4 is 23.6 Å². The molecule has 6 aliphatic heterocycles. The number of rotatable bonds is 20. The van der Waals surface area contributed by atoms with Gasteiger partial charge in [0.1, 0.15) is 134 Å². The van der Waals surface area contributed by atoms with Crippen LogP contribution in [0.3, 0.4) is 0 Å². The molecule has 6 fully saturated rings. The fraction of sp³-hybridized carbons (Fsp3) is 0.911. The highest BCUT2D eigenvalue weighted by Gasteiger charge is 2.58. The number of nitrogens with one attached hydrogen (secondary N) is 4. The summed E-state index contributed by atoms with van der Waals surface area (Å²) in [4.78, 5) is 50.3. The Hall–Kier alpha value is -3.16. The smallest absolute Gasteiger partial charge is 0.217 e. The molecule has 79 heavy (non-hydrogen) atoms. The first-order valence-electron chi connectivity index (χ1n) is 25.4. The van der Waals surface area contributed by atoms with Gasteiger partial charge in [-0.05, 0) is 6.92 Å². The third-order valence-electron chi connectivity index (χ3n) is 14.3. The quantitative estimate of drug-likeness (QED) is 0.0538. The summed E-state index contributed by atoms with van der Waals surface area (Å²) in [5.41, 5.74) is 6.04. The highest BCUT2D eigenvalue weighted by molar-refractivity contribution is 5.74. The number of nitrogens with two attached hydrogens (primary N) is 1. The van der Waals surface area contributed by atoms with E-state index in [1.807, 2.05) is 0 Å². The van der Waals surface area contributed by atoms with E-state index in [2.05, 4.69) is 21.3 Å². The maximum Gasteiger partial charge on any atom is 0.217 e. The highest BCUT2D eigenvalue weighted by Crippen LogP contribution is 2.36. The third-order valence-corrected chi connectivity index (χ3v) is 14.3. The van der Waals surface area contributed by atoms with Crippen LogP contribution < -0.4 is 27.0 Å². The predicted octanol–water partition coefficient (Wildman–Crippen LogP) is -11.9. The second-order valence-electron chi connectivity index (χ2n) is 20.0. The van der Waals surface area contributed by atoms with Gasteiger partial charge in [0.05, 0.1) is 45.2 Å². The predicted molar refractivity (Wildman–Crippen MR) is 251 cm³/mol. The number of aliphatic hydroxyl groups is 13. The SMILES string of the molecule is COC1C(O)[C@H](O)C(C)O[C@H]1OCC1O[C@@H](O)C(NC(C)=O)C(O)[C@@H]1O[C@@H]1OC(CO)[C@@H](O[C@@H]2OC(CO)[C@@H](O[C@@H]3OC(CO)[C@@H](O[C@@H]4OC(CO)[C@@H](O)C(O)C4N)C(O)C3NC(C)=O)C(O)C2NC(C)=O)C(O)C1NC(C)=O. The van der Waals surface area contributed by atoms with Crippen molar-refractivity contribution < 1.29 is 142 Å². The molecule has 6 rings (SSSR count). The van der Waals surface area contributed by atoms with Crippen molar-refractivity contribution in [2.45, 2.75) is 219 Å². The number of amides is 4. The third kappa shape index (κ3) is 14.8. The number of methoxy groups -OCH3 is 1. The summed E-state index contributed by atoms with van der Waals surface area (Å²) >= 11 is 0. The Balaban J connectivity index is 1.23. The molecular formula is C45H77N5O29. The van der Waals surface area contributed by atoms with E-state index in [0.29, 0.717) is 0 Å². The normalized spacial score (nSPS) is 46.7. The van der Waals surface area contributed by atoms with Crippen LogP contribution in [0.1, 0.15) is 34.6 Å². The Bertz CT molecular complexity index is 1990. The van der Waals surface area contributed by atoms with E-state index >= 15 is 0 Å². The molecule has 19 N–H and O–H groups in total. The fourth-order valence-electron chi connectivity index (χ4n) is 10.3. The fourth-order valence-corrected chi connectivity index (χ4v) is 10.3. The lowest BCUT2D eigenvalue weighted by molar-refractivity contribution is -0.368. The Labute approximate surface area is 451 Å². The van der Waals surface area contributed by atoms with E-state index in [0.717, 1.165) is 27.7 Å². The molecule has 6 heterocycles. The van der Waals surface area contributed by atoms with Crippen molar-refractivity contribution in [1.82, 2.24) is 21.3 Å². The van der Waals surface area contributed by atoms with Crippen molar-refractivity contribution in [3.63, 3.8) is 0 Å². The van der Waals surface area contributed by atoms with Gasteiger partial charge in [-0.15, -0.1) is 0 Å². The molecule has 0 spiro atoms. The van der Waals surface area contributed by atoms with E-state index < -0.39 is 241 Å². The monoisotopic (exact) mass is 1150 g/mol. The van der Waals surface area contributed by atoms with Crippen LogP contribution >= 0.6 is 0 Å². The van der Waals surface area contributed by atoms with Gasteiger partial charge in [0.25, 0.3) is 0 Å². The summed E-state index contributed by atoms with van der Waals surface area (Å²) in [6.07, 6.45) is -41.7. The summed E-state index contributed by atoms with van der Waals surface area (Å²) in [6, 6.07) is -8.17. The van der Waals surface area contributed by atoms with Gasteiger partial charge in [-0.1, -0.05) is 0 Å². The maximum atomic E-state index is 12.8. The zero-order valence-corrected chi connectivity index (χ0v) is 43.8. The molecular weight excluding hydrogens is 1070 g/mol. The van der Waals surface area contributed by atoms with E-state index in [9.17, 15) is 85.6 Å². The Morgan fingerprint density at radius 2 is 0.772 bits per heavy atom. The molecule has 0 bridgehead atoms. The molecule has 0 aromatic carbocycles. The van der Waals surface area contributed by atoms with Gasteiger partial charge in [-0.2, -0.15) is 0 Å². The number of hydrogen-bond acceptors (Lipinski definition) is 30. The lowest BCUT2D eigenvalue weighted by atomic mass is 9.93. The molecule has 4 amide bonds. The number of ether oxygens (including phenoxy) is 12. The standard InChI is InChI=1S/C45H77N5O29/c1-12-27(59)34(66)39(68-6)45(70-12)69-11-21-38(30(62)23(40(67)71-21)47-13(2)55)79-44-26(50-16(5)58)33(65)37(20(10-54)75-44)78-43-25(49-15(4)57)32(64)36(19(9-53)74-43)77-42-24(48-14(3)56)31(63)35(18(8-52)73-42)76-41-22(46)29(61)28(60)17(7-51)72-41/h12,17-45,51-54,59-67H,7-11,46H2,1-6H3,(H,47,55)(H,48,56)(H,49,57)(H,50,58)/t12?,17?,18?,19?,20?,21?,22?,23?,24?,25?,26?,27-,28-,29?,30?,31?,32?,33?,34?,35-,36-,37-,38-,39?,40-,41+,42+,43+,44+,45-/m1/s1. The van der Waals surface area contributed by atoms with Crippen molar-refractivity contribution in [3.05, 3.63) is 0 Å². The van der Waals surface area contributed by atoms with Gasteiger partial charge in [0.15, 0.2) is 37.7 Å². The van der Waals surface area contributed by atoms with Gasteiger partial charge >= 0.3 is 0 Å². The number of carbonyl (C=O) groups excluding carboxylic acids is 4. The topological polar surface area (TPSA) is 516 Å². The van der Waals surface area contributed by atoms with Crippen LogP contribution in [0.4, 0.5) is 0 Å². The van der Waals surface area contributed by atoms with Crippen molar-refractivity contribution in [1.29, 1.82) is 0 Å².